The molecule has 30 heavy (non-hydrogen) atoms. The fourth-order valence-corrected chi connectivity index (χ4v) is 4.96. The van der Waals surface area contributed by atoms with Gasteiger partial charge in [0.1, 0.15) is 10.6 Å². The maximum absolute atomic E-state index is 13.4. The molecule has 0 N–H and O–H groups in total. The molecule has 1 aromatic heterocycles. The van der Waals surface area contributed by atoms with Crippen LogP contribution in [0.5, 0.6) is 0 Å². The van der Waals surface area contributed by atoms with Crippen molar-refractivity contribution >= 4 is 23.6 Å². The van der Waals surface area contributed by atoms with Gasteiger partial charge in [-0.2, -0.15) is 0 Å². The zero-order valence-corrected chi connectivity index (χ0v) is 18.4. The third-order valence-electron chi connectivity index (χ3n) is 5.54. The average molecular weight is 423 g/mol. The standard InChI is InChI=1S/C23H26N4O2S/c1-15-9-11-26(12-10-15)19-20(30-23-24-16(2)13-17(3)25-23)22(29)27(21(19)28)14-18-7-5-4-6-8-18/h4-8,13,15H,9-12,14H2,1-3H3. The average Bonchev–Trinajstić information content (AvgIpc) is 2.93. The Bertz CT molecular complexity index is 977. The molecule has 0 unspecified atom stereocenters. The minimum absolute atomic E-state index is 0.217. The van der Waals surface area contributed by atoms with Crippen LogP contribution in [-0.4, -0.2) is 44.7 Å². The highest BCUT2D eigenvalue weighted by Gasteiger charge is 2.42. The summed E-state index contributed by atoms with van der Waals surface area (Å²) in [5, 5.41) is 0.507. The van der Waals surface area contributed by atoms with Crippen LogP contribution in [0.25, 0.3) is 0 Å². The van der Waals surface area contributed by atoms with Gasteiger partial charge in [-0.05, 0) is 56.0 Å². The molecule has 2 aliphatic rings. The number of hydrogen-bond acceptors (Lipinski definition) is 6. The van der Waals surface area contributed by atoms with Crippen molar-refractivity contribution in [2.24, 2.45) is 5.92 Å². The van der Waals surface area contributed by atoms with E-state index in [1.807, 2.05) is 50.2 Å². The molecule has 0 atom stereocenters. The zero-order valence-electron chi connectivity index (χ0n) is 17.6. The Balaban J connectivity index is 1.68. The number of imide groups is 1. The molecule has 0 saturated carbocycles. The Morgan fingerprint density at radius 3 is 2.27 bits per heavy atom. The second kappa shape index (κ2) is 8.60. The molecule has 6 nitrogen and oxygen atoms in total. The number of aryl methyl sites for hydroxylation is 2. The summed E-state index contributed by atoms with van der Waals surface area (Å²) in [4.78, 5) is 39.6. The second-order valence-electron chi connectivity index (χ2n) is 8.06. The van der Waals surface area contributed by atoms with E-state index in [0.717, 1.165) is 42.9 Å². The van der Waals surface area contributed by atoms with Crippen molar-refractivity contribution in [2.45, 2.75) is 45.3 Å². The highest BCUT2D eigenvalue weighted by molar-refractivity contribution is 8.04. The van der Waals surface area contributed by atoms with Crippen LogP contribution in [-0.2, 0) is 16.1 Å². The normalized spacial score (nSPS) is 18.0. The molecule has 2 aromatic rings. The van der Waals surface area contributed by atoms with Gasteiger partial charge in [-0.1, -0.05) is 37.3 Å². The summed E-state index contributed by atoms with van der Waals surface area (Å²) in [7, 11) is 0. The van der Waals surface area contributed by atoms with Gasteiger partial charge in [0, 0.05) is 24.5 Å². The molecule has 0 aliphatic carbocycles. The lowest BCUT2D eigenvalue weighted by molar-refractivity contribution is -0.138. The van der Waals surface area contributed by atoms with Gasteiger partial charge in [-0.25, -0.2) is 9.97 Å². The van der Waals surface area contributed by atoms with Crippen molar-refractivity contribution in [3.05, 3.63) is 64.0 Å². The number of piperidine rings is 1. The molecule has 0 radical (unpaired) electrons. The Kier molecular flexibility index (Phi) is 5.90. The van der Waals surface area contributed by atoms with Crippen molar-refractivity contribution in [3.63, 3.8) is 0 Å². The van der Waals surface area contributed by atoms with Crippen molar-refractivity contribution in [3.8, 4) is 0 Å². The summed E-state index contributed by atoms with van der Waals surface area (Å²) in [5.41, 5.74) is 3.13. The molecular formula is C23H26N4O2S. The molecule has 0 spiro atoms. The number of carbonyl (C=O) groups excluding carboxylic acids is 2. The van der Waals surface area contributed by atoms with Crippen molar-refractivity contribution in [1.82, 2.24) is 19.8 Å². The quantitative estimate of drug-likeness (QED) is 0.541. The first-order valence-electron chi connectivity index (χ1n) is 10.3. The van der Waals surface area contributed by atoms with E-state index in [-0.39, 0.29) is 18.4 Å². The van der Waals surface area contributed by atoms with Crippen LogP contribution in [0.15, 0.2) is 52.2 Å². The monoisotopic (exact) mass is 422 g/mol. The van der Waals surface area contributed by atoms with E-state index < -0.39 is 0 Å². The predicted molar refractivity (Wildman–Crippen MR) is 116 cm³/mol. The fourth-order valence-electron chi connectivity index (χ4n) is 3.88. The number of hydrogen-bond donors (Lipinski definition) is 0. The van der Waals surface area contributed by atoms with Crippen LogP contribution in [0.3, 0.4) is 0 Å². The number of aromatic nitrogens is 2. The lowest BCUT2D eigenvalue weighted by atomic mass is 9.99. The maximum atomic E-state index is 13.4. The molecule has 1 saturated heterocycles. The fraction of sp³-hybridized carbons (Fsp3) is 0.391. The van der Waals surface area contributed by atoms with Crippen LogP contribution in [0.4, 0.5) is 0 Å². The molecule has 1 aromatic carbocycles. The molecule has 0 bridgehead atoms. The largest absolute Gasteiger partial charge is 0.366 e. The molecular weight excluding hydrogens is 396 g/mol. The van der Waals surface area contributed by atoms with E-state index in [9.17, 15) is 9.59 Å². The Morgan fingerprint density at radius 2 is 1.63 bits per heavy atom. The third kappa shape index (κ3) is 4.26. The van der Waals surface area contributed by atoms with E-state index in [1.165, 1.54) is 16.7 Å². The third-order valence-corrected chi connectivity index (χ3v) is 6.48. The molecule has 7 heteroatoms. The number of carbonyl (C=O) groups is 2. The number of benzene rings is 1. The molecule has 3 heterocycles. The van der Waals surface area contributed by atoms with Gasteiger partial charge >= 0.3 is 0 Å². The van der Waals surface area contributed by atoms with Crippen molar-refractivity contribution < 1.29 is 9.59 Å². The van der Waals surface area contributed by atoms with E-state index in [4.69, 9.17) is 0 Å². The number of thioether (sulfide) groups is 1. The van der Waals surface area contributed by atoms with Crippen LogP contribution in [0.2, 0.25) is 0 Å². The second-order valence-corrected chi connectivity index (χ2v) is 9.04. The summed E-state index contributed by atoms with van der Waals surface area (Å²) in [6, 6.07) is 11.5. The van der Waals surface area contributed by atoms with Gasteiger partial charge in [0.05, 0.1) is 6.54 Å². The van der Waals surface area contributed by atoms with Gasteiger partial charge in [0.2, 0.25) is 0 Å². The van der Waals surface area contributed by atoms with Crippen LogP contribution < -0.4 is 0 Å². The summed E-state index contributed by atoms with van der Waals surface area (Å²) in [6.07, 6.45) is 2.03. The Morgan fingerprint density at radius 1 is 1.00 bits per heavy atom. The SMILES string of the molecule is Cc1cc(C)nc(SC2=C(N3CCC(C)CC3)C(=O)N(Cc3ccccc3)C2=O)n1. The van der Waals surface area contributed by atoms with Crippen LogP contribution in [0.1, 0.15) is 36.7 Å². The minimum Gasteiger partial charge on any atom is -0.366 e. The van der Waals surface area contributed by atoms with Crippen molar-refractivity contribution in [2.75, 3.05) is 13.1 Å². The summed E-state index contributed by atoms with van der Waals surface area (Å²) in [6.45, 7) is 7.88. The minimum atomic E-state index is -0.259. The number of amides is 2. The van der Waals surface area contributed by atoms with Crippen LogP contribution >= 0.6 is 11.8 Å². The Labute approximate surface area is 181 Å². The van der Waals surface area contributed by atoms with E-state index in [2.05, 4.69) is 21.8 Å². The highest BCUT2D eigenvalue weighted by atomic mass is 32.2. The maximum Gasteiger partial charge on any atom is 0.278 e. The van der Waals surface area contributed by atoms with Gasteiger partial charge in [0.25, 0.3) is 11.8 Å². The number of rotatable bonds is 5. The lowest BCUT2D eigenvalue weighted by Gasteiger charge is -2.32. The van der Waals surface area contributed by atoms with E-state index >= 15 is 0 Å². The zero-order chi connectivity index (χ0) is 21.3. The Hall–Kier alpha value is -2.67. The van der Waals surface area contributed by atoms with Gasteiger partial charge in [-0.3, -0.25) is 14.5 Å². The van der Waals surface area contributed by atoms with E-state index in [0.29, 0.717) is 21.7 Å². The number of likely N-dealkylation sites (tertiary alicyclic amines) is 1. The van der Waals surface area contributed by atoms with Gasteiger partial charge < -0.3 is 4.90 Å². The molecule has 4 rings (SSSR count). The van der Waals surface area contributed by atoms with Crippen molar-refractivity contribution in [1.29, 1.82) is 0 Å². The van der Waals surface area contributed by atoms with Gasteiger partial charge in [-0.15, -0.1) is 0 Å². The summed E-state index contributed by atoms with van der Waals surface area (Å²) >= 11 is 1.21. The number of nitrogens with zero attached hydrogens (tertiary/aromatic N) is 4. The van der Waals surface area contributed by atoms with Gasteiger partial charge in [0.15, 0.2) is 5.16 Å². The predicted octanol–water partition coefficient (Wildman–Crippen LogP) is 3.70. The lowest BCUT2D eigenvalue weighted by Crippen LogP contribution is -2.38. The van der Waals surface area contributed by atoms with Crippen LogP contribution in [0, 0.1) is 19.8 Å². The summed E-state index contributed by atoms with van der Waals surface area (Å²) < 4.78 is 0. The molecule has 156 valence electrons. The first-order chi connectivity index (χ1) is 14.4. The topological polar surface area (TPSA) is 66.4 Å². The molecule has 2 amide bonds. The first-order valence-corrected chi connectivity index (χ1v) is 11.1. The highest BCUT2D eigenvalue weighted by Crippen LogP contribution is 2.37. The molecule has 2 aliphatic heterocycles. The first kappa shape index (κ1) is 20.6. The summed E-state index contributed by atoms with van der Waals surface area (Å²) in [5.74, 6) is 0.156. The molecule has 1 fully saturated rings. The van der Waals surface area contributed by atoms with E-state index in [1.54, 1.807) is 0 Å². The smallest absolute Gasteiger partial charge is 0.278 e.